The third kappa shape index (κ3) is 3.45. The van der Waals surface area contributed by atoms with Crippen molar-refractivity contribution in [1.29, 1.82) is 0 Å². The fraction of sp³-hybridized carbons (Fsp3) is 0.417. The van der Waals surface area contributed by atoms with Crippen molar-refractivity contribution < 1.29 is 17.6 Å². The first-order valence-corrected chi connectivity index (χ1v) is 8.24. The monoisotopic (exact) mass is 305 g/mol. The number of rotatable bonds is 3. The molecule has 1 aromatic carbocycles. The second-order valence-corrected chi connectivity index (χ2v) is 7.12. The van der Waals surface area contributed by atoms with Gasteiger partial charge in [-0.25, -0.2) is 12.8 Å². The first-order chi connectivity index (χ1) is 8.88. The molecule has 19 heavy (non-hydrogen) atoms. The Labute approximate surface area is 115 Å². The molecule has 0 heterocycles. The van der Waals surface area contributed by atoms with Crippen molar-refractivity contribution in [3.05, 3.63) is 24.0 Å². The van der Waals surface area contributed by atoms with E-state index in [0.717, 1.165) is 37.8 Å². The number of halogens is 2. The lowest BCUT2D eigenvalue weighted by molar-refractivity contribution is -0.119. The molecular formula is C12H13ClFNO3S. The predicted octanol–water partition coefficient (Wildman–Crippen LogP) is 2.88. The SMILES string of the molecule is O=C(Nc1ccc(S(=O)(=O)Cl)cc1F)C1CCCC1. The molecule has 1 saturated carbocycles. The first kappa shape index (κ1) is 14.3. The summed E-state index contributed by atoms with van der Waals surface area (Å²) in [5, 5.41) is 2.48. The summed E-state index contributed by atoms with van der Waals surface area (Å²) in [4.78, 5) is 11.5. The molecule has 1 aromatic rings. The highest BCUT2D eigenvalue weighted by Gasteiger charge is 2.23. The van der Waals surface area contributed by atoms with Gasteiger partial charge in [-0.2, -0.15) is 0 Å². The molecule has 0 saturated heterocycles. The van der Waals surface area contributed by atoms with Crippen molar-refractivity contribution in [2.45, 2.75) is 30.6 Å². The van der Waals surface area contributed by atoms with Gasteiger partial charge < -0.3 is 5.32 Å². The molecule has 1 aliphatic rings. The minimum Gasteiger partial charge on any atom is -0.323 e. The van der Waals surface area contributed by atoms with E-state index in [-0.39, 0.29) is 22.4 Å². The molecule has 1 amide bonds. The van der Waals surface area contributed by atoms with Gasteiger partial charge in [0.1, 0.15) is 5.82 Å². The molecule has 1 N–H and O–H groups in total. The van der Waals surface area contributed by atoms with Crippen LogP contribution in [0.15, 0.2) is 23.1 Å². The fourth-order valence-corrected chi connectivity index (χ4v) is 2.93. The molecule has 1 fully saturated rings. The number of carbonyl (C=O) groups excluding carboxylic acids is 1. The van der Waals surface area contributed by atoms with Gasteiger partial charge in [0.2, 0.25) is 5.91 Å². The molecule has 0 atom stereocenters. The quantitative estimate of drug-likeness (QED) is 0.873. The third-order valence-corrected chi connectivity index (χ3v) is 4.56. The minimum absolute atomic E-state index is 0.0269. The molecule has 4 nitrogen and oxygen atoms in total. The molecule has 0 unspecified atom stereocenters. The third-order valence-electron chi connectivity index (χ3n) is 3.21. The van der Waals surface area contributed by atoms with E-state index in [0.29, 0.717) is 0 Å². The van der Waals surface area contributed by atoms with Crippen LogP contribution in [-0.4, -0.2) is 14.3 Å². The van der Waals surface area contributed by atoms with Crippen LogP contribution in [0.4, 0.5) is 10.1 Å². The lowest BCUT2D eigenvalue weighted by Crippen LogP contribution is -2.21. The second-order valence-electron chi connectivity index (χ2n) is 4.55. The highest BCUT2D eigenvalue weighted by molar-refractivity contribution is 8.13. The van der Waals surface area contributed by atoms with Gasteiger partial charge in [-0.15, -0.1) is 0 Å². The van der Waals surface area contributed by atoms with Gasteiger partial charge in [0.15, 0.2) is 0 Å². The van der Waals surface area contributed by atoms with Crippen LogP contribution in [0.1, 0.15) is 25.7 Å². The molecule has 104 valence electrons. The largest absolute Gasteiger partial charge is 0.323 e. The number of hydrogen-bond donors (Lipinski definition) is 1. The Morgan fingerprint density at radius 1 is 1.32 bits per heavy atom. The Bertz CT molecular complexity index is 597. The summed E-state index contributed by atoms with van der Waals surface area (Å²) in [6, 6.07) is 3.17. The number of benzene rings is 1. The van der Waals surface area contributed by atoms with Gasteiger partial charge in [0, 0.05) is 16.6 Å². The van der Waals surface area contributed by atoms with Gasteiger partial charge in [-0.1, -0.05) is 12.8 Å². The maximum absolute atomic E-state index is 13.7. The van der Waals surface area contributed by atoms with Crippen molar-refractivity contribution in [3.8, 4) is 0 Å². The smallest absolute Gasteiger partial charge is 0.261 e. The average molecular weight is 306 g/mol. The summed E-state index contributed by atoms with van der Waals surface area (Å²) in [5.74, 6) is -1.12. The average Bonchev–Trinajstić information content (AvgIpc) is 2.84. The summed E-state index contributed by atoms with van der Waals surface area (Å²) < 4.78 is 35.8. The van der Waals surface area contributed by atoms with Gasteiger partial charge in [0.05, 0.1) is 10.6 Å². The number of carbonyl (C=O) groups is 1. The number of anilines is 1. The van der Waals surface area contributed by atoms with Crippen LogP contribution >= 0.6 is 10.7 Å². The summed E-state index contributed by atoms with van der Waals surface area (Å²) in [5.41, 5.74) is -0.0269. The molecule has 0 aromatic heterocycles. The van der Waals surface area contributed by atoms with Crippen LogP contribution in [0.3, 0.4) is 0 Å². The van der Waals surface area contributed by atoms with Gasteiger partial charge in [0.25, 0.3) is 9.05 Å². The van der Waals surface area contributed by atoms with Gasteiger partial charge in [-0.3, -0.25) is 4.79 Å². The second kappa shape index (κ2) is 5.46. The van der Waals surface area contributed by atoms with Gasteiger partial charge >= 0.3 is 0 Å². The summed E-state index contributed by atoms with van der Waals surface area (Å²) in [7, 11) is 1.14. The first-order valence-electron chi connectivity index (χ1n) is 5.93. The maximum Gasteiger partial charge on any atom is 0.261 e. The van der Waals surface area contributed by atoms with E-state index in [1.807, 2.05) is 0 Å². The fourth-order valence-electron chi connectivity index (χ4n) is 2.17. The number of hydrogen-bond acceptors (Lipinski definition) is 3. The van der Waals surface area contributed by atoms with Gasteiger partial charge in [-0.05, 0) is 31.0 Å². The number of nitrogens with one attached hydrogen (secondary N) is 1. The van der Waals surface area contributed by atoms with E-state index in [1.165, 1.54) is 6.07 Å². The van der Waals surface area contributed by atoms with Crippen LogP contribution in [0.2, 0.25) is 0 Å². The van der Waals surface area contributed by atoms with E-state index in [4.69, 9.17) is 10.7 Å². The molecular weight excluding hydrogens is 293 g/mol. The van der Waals surface area contributed by atoms with E-state index in [1.54, 1.807) is 0 Å². The van der Waals surface area contributed by atoms with E-state index >= 15 is 0 Å². The highest BCUT2D eigenvalue weighted by atomic mass is 35.7. The molecule has 2 rings (SSSR count). The molecule has 7 heteroatoms. The molecule has 0 aliphatic heterocycles. The zero-order valence-electron chi connectivity index (χ0n) is 10.0. The predicted molar refractivity (Wildman–Crippen MR) is 70.0 cm³/mol. The minimum atomic E-state index is -3.97. The molecule has 0 spiro atoms. The summed E-state index contributed by atoms with van der Waals surface area (Å²) >= 11 is 0. The zero-order valence-corrected chi connectivity index (χ0v) is 11.6. The van der Waals surface area contributed by atoms with Crippen LogP contribution in [-0.2, 0) is 13.8 Å². The lowest BCUT2D eigenvalue weighted by Gasteiger charge is -2.11. The van der Waals surface area contributed by atoms with Crippen LogP contribution in [0, 0.1) is 11.7 Å². The van der Waals surface area contributed by atoms with Crippen molar-refractivity contribution in [2.75, 3.05) is 5.32 Å². The topological polar surface area (TPSA) is 63.2 Å². The van der Waals surface area contributed by atoms with Crippen molar-refractivity contribution in [3.63, 3.8) is 0 Å². The Kier molecular flexibility index (Phi) is 4.10. The van der Waals surface area contributed by atoms with Crippen LogP contribution in [0.25, 0.3) is 0 Å². The molecule has 0 bridgehead atoms. The van der Waals surface area contributed by atoms with E-state index < -0.39 is 14.9 Å². The molecule has 0 radical (unpaired) electrons. The van der Waals surface area contributed by atoms with Crippen LogP contribution in [0.5, 0.6) is 0 Å². The Morgan fingerprint density at radius 2 is 1.95 bits per heavy atom. The normalized spacial score (nSPS) is 16.5. The van der Waals surface area contributed by atoms with Crippen LogP contribution < -0.4 is 5.32 Å². The summed E-state index contributed by atoms with van der Waals surface area (Å²) in [6.07, 6.45) is 3.62. The Morgan fingerprint density at radius 3 is 2.47 bits per heavy atom. The van der Waals surface area contributed by atoms with Crippen molar-refractivity contribution in [1.82, 2.24) is 0 Å². The van der Waals surface area contributed by atoms with E-state index in [9.17, 15) is 17.6 Å². The Balaban J connectivity index is 2.15. The van der Waals surface area contributed by atoms with Crippen molar-refractivity contribution in [2.24, 2.45) is 5.92 Å². The summed E-state index contributed by atoms with van der Waals surface area (Å²) in [6.45, 7) is 0. The van der Waals surface area contributed by atoms with Crippen molar-refractivity contribution >= 4 is 31.3 Å². The highest BCUT2D eigenvalue weighted by Crippen LogP contribution is 2.27. The van der Waals surface area contributed by atoms with E-state index in [2.05, 4.69) is 5.32 Å². The standard InChI is InChI=1S/C12H13ClFNO3S/c13-19(17,18)9-5-6-11(10(14)7-9)15-12(16)8-3-1-2-4-8/h5-8H,1-4H2,(H,15,16). The number of amides is 1. The lowest BCUT2D eigenvalue weighted by atomic mass is 10.1. The molecule has 1 aliphatic carbocycles. The maximum atomic E-state index is 13.7. The Hall–Kier alpha value is -1.14. The zero-order chi connectivity index (χ0) is 14.0.